The molecule has 0 amide bonds. The molecular formula is C8H5BrClN5O2S. The molecule has 0 radical (unpaired) electrons. The van der Waals surface area contributed by atoms with Crippen molar-refractivity contribution in [3.8, 4) is 0 Å². The fourth-order valence-electron chi connectivity index (χ4n) is 1.06. The molecule has 2 heterocycles. The lowest BCUT2D eigenvalue weighted by Gasteiger charge is -2.02. The molecule has 10 heteroatoms. The number of hydrogen-bond acceptors (Lipinski definition) is 6. The third-order valence-corrected chi connectivity index (χ3v) is 3.57. The highest BCUT2D eigenvalue weighted by molar-refractivity contribution is 9.10. The van der Waals surface area contributed by atoms with Gasteiger partial charge in [-0.2, -0.15) is 0 Å². The van der Waals surface area contributed by atoms with Crippen molar-refractivity contribution in [1.82, 2.24) is 25.2 Å². The summed E-state index contributed by atoms with van der Waals surface area (Å²) in [7, 11) is 0. The molecule has 0 saturated heterocycles. The summed E-state index contributed by atoms with van der Waals surface area (Å²) in [5, 5.41) is 20.6. The summed E-state index contributed by atoms with van der Waals surface area (Å²) < 4.78 is 1.91. The lowest BCUT2D eigenvalue weighted by Crippen LogP contribution is -2.11. The van der Waals surface area contributed by atoms with Gasteiger partial charge in [0.2, 0.25) is 5.16 Å². The fraction of sp³-hybridized carbons (Fsp3) is 0.125. The van der Waals surface area contributed by atoms with Gasteiger partial charge < -0.3 is 5.11 Å². The third-order valence-electron chi connectivity index (χ3n) is 1.75. The summed E-state index contributed by atoms with van der Waals surface area (Å²) in [5.41, 5.74) is 0. The highest BCUT2D eigenvalue weighted by atomic mass is 79.9. The van der Waals surface area contributed by atoms with Crippen molar-refractivity contribution in [2.75, 3.05) is 0 Å². The molecule has 7 nitrogen and oxygen atoms in total. The minimum absolute atomic E-state index is 0.314. The van der Waals surface area contributed by atoms with Crippen LogP contribution >= 0.6 is 39.3 Å². The molecular weight excluding hydrogens is 346 g/mol. The lowest BCUT2D eigenvalue weighted by molar-refractivity contribution is -0.138. The molecule has 0 aliphatic carbocycles. The quantitative estimate of drug-likeness (QED) is 0.897. The normalized spacial score (nSPS) is 10.6. The van der Waals surface area contributed by atoms with Crippen LogP contribution in [0.3, 0.4) is 0 Å². The predicted octanol–water partition coefficient (Wildman–Crippen LogP) is 1.72. The van der Waals surface area contributed by atoms with Gasteiger partial charge in [-0.3, -0.25) is 4.79 Å². The summed E-state index contributed by atoms with van der Waals surface area (Å²) >= 11 is 10.3. The van der Waals surface area contributed by atoms with E-state index in [-0.39, 0.29) is 6.54 Å². The minimum atomic E-state index is -1.03. The van der Waals surface area contributed by atoms with Crippen molar-refractivity contribution < 1.29 is 9.90 Å². The van der Waals surface area contributed by atoms with E-state index in [0.717, 1.165) is 20.9 Å². The summed E-state index contributed by atoms with van der Waals surface area (Å²) in [6, 6.07) is 1.68. The van der Waals surface area contributed by atoms with Gasteiger partial charge in [-0.1, -0.05) is 11.6 Å². The number of rotatable bonds is 4. The molecule has 0 aliphatic heterocycles. The maximum atomic E-state index is 10.6. The van der Waals surface area contributed by atoms with Crippen LogP contribution in [0.15, 0.2) is 26.9 Å². The number of tetrazole rings is 1. The van der Waals surface area contributed by atoms with Crippen LogP contribution < -0.4 is 0 Å². The standard InChI is InChI=1S/C8H5BrClN5O2S/c9-4-1-5(10)7(11-2-4)18-8-12-13-14-15(8)3-6(16)17/h1-2H,3H2,(H,16,17). The molecule has 0 spiro atoms. The number of carboxylic acid groups (broad SMARTS) is 1. The Labute approximate surface area is 119 Å². The highest BCUT2D eigenvalue weighted by Gasteiger charge is 2.13. The van der Waals surface area contributed by atoms with Crippen LogP contribution in [0.5, 0.6) is 0 Å². The molecule has 0 unspecified atom stereocenters. The molecule has 0 saturated carbocycles. The molecule has 2 aromatic rings. The van der Waals surface area contributed by atoms with Crippen molar-refractivity contribution in [1.29, 1.82) is 0 Å². The van der Waals surface area contributed by atoms with Gasteiger partial charge in [-0.05, 0) is 44.2 Å². The van der Waals surface area contributed by atoms with Crippen molar-refractivity contribution in [2.24, 2.45) is 0 Å². The number of nitrogens with zero attached hydrogens (tertiary/aromatic N) is 5. The predicted molar refractivity (Wildman–Crippen MR) is 66.5 cm³/mol. The maximum Gasteiger partial charge on any atom is 0.325 e. The summed E-state index contributed by atoms with van der Waals surface area (Å²) in [5.74, 6) is -1.03. The number of aliphatic carboxylic acids is 1. The molecule has 0 aliphatic rings. The zero-order valence-electron chi connectivity index (χ0n) is 8.62. The number of hydrogen-bond donors (Lipinski definition) is 1. The maximum absolute atomic E-state index is 10.6. The smallest absolute Gasteiger partial charge is 0.325 e. The van der Waals surface area contributed by atoms with Gasteiger partial charge in [-0.15, -0.1) is 5.10 Å². The molecule has 18 heavy (non-hydrogen) atoms. The number of pyridine rings is 1. The topological polar surface area (TPSA) is 93.8 Å². The second-order valence-corrected chi connectivity index (χ2v) is 5.33. The Kier molecular flexibility index (Phi) is 4.15. The van der Waals surface area contributed by atoms with Gasteiger partial charge in [0.1, 0.15) is 11.6 Å². The van der Waals surface area contributed by atoms with E-state index in [1.165, 1.54) is 0 Å². The summed E-state index contributed by atoms with van der Waals surface area (Å²) in [6.45, 7) is -0.316. The largest absolute Gasteiger partial charge is 0.480 e. The first kappa shape index (κ1) is 13.2. The van der Waals surface area contributed by atoms with Crippen LogP contribution in [0.1, 0.15) is 0 Å². The monoisotopic (exact) mass is 349 g/mol. The van der Waals surface area contributed by atoms with E-state index < -0.39 is 5.97 Å². The first-order valence-corrected chi connectivity index (χ1v) is 6.52. The van der Waals surface area contributed by atoms with E-state index in [0.29, 0.717) is 15.2 Å². The minimum Gasteiger partial charge on any atom is -0.480 e. The van der Waals surface area contributed by atoms with Gasteiger partial charge >= 0.3 is 5.97 Å². The molecule has 0 fully saturated rings. The van der Waals surface area contributed by atoms with Crippen LogP contribution in [0.2, 0.25) is 5.02 Å². The van der Waals surface area contributed by atoms with Crippen LogP contribution in [0.4, 0.5) is 0 Å². The van der Waals surface area contributed by atoms with Gasteiger partial charge in [-0.25, -0.2) is 9.67 Å². The van der Waals surface area contributed by atoms with Crippen molar-refractivity contribution in [2.45, 2.75) is 16.7 Å². The Morgan fingerprint density at radius 2 is 2.39 bits per heavy atom. The zero-order chi connectivity index (χ0) is 13.1. The average Bonchev–Trinajstić information content (AvgIpc) is 2.69. The molecule has 0 bridgehead atoms. The molecule has 1 N–H and O–H groups in total. The summed E-state index contributed by atoms with van der Waals surface area (Å²) in [6.07, 6.45) is 1.58. The Morgan fingerprint density at radius 3 is 3.06 bits per heavy atom. The average molecular weight is 351 g/mol. The van der Waals surface area contributed by atoms with E-state index >= 15 is 0 Å². The Bertz CT molecular complexity index is 593. The zero-order valence-corrected chi connectivity index (χ0v) is 11.8. The van der Waals surface area contributed by atoms with E-state index in [9.17, 15) is 4.79 Å². The van der Waals surface area contributed by atoms with Crippen LogP contribution in [0.25, 0.3) is 0 Å². The molecule has 0 aromatic carbocycles. The van der Waals surface area contributed by atoms with E-state index in [1.54, 1.807) is 12.3 Å². The Balaban J connectivity index is 2.23. The molecule has 94 valence electrons. The van der Waals surface area contributed by atoms with Crippen LogP contribution in [0, 0.1) is 0 Å². The lowest BCUT2D eigenvalue weighted by atomic mass is 10.5. The first-order chi connectivity index (χ1) is 8.56. The molecule has 2 rings (SSSR count). The Morgan fingerprint density at radius 1 is 1.61 bits per heavy atom. The van der Waals surface area contributed by atoms with Crippen molar-refractivity contribution in [3.63, 3.8) is 0 Å². The fourth-order valence-corrected chi connectivity index (χ4v) is 2.52. The first-order valence-electron chi connectivity index (χ1n) is 4.53. The molecule has 2 aromatic heterocycles. The second-order valence-electron chi connectivity index (χ2n) is 3.06. The Hall–Kier alpha value is -1.19. The van der Waals surface area contributed by atoms with E-state index in [4.69, 9.17) is 16.7 Å². The van der Waals surface area contributed by atoms with Crippen LogP contribution in [-0.4, -0.2) is 36.3 Å². The molecule has 0 atom stereocenters. The second kappa shape index (κ2) is 5.63. The summed E-state index contributed by atoms with van der Waals surface area (Å²) in [4.78, 5) is 14.7. The van der Waals surface area contributed by atoms with Gasteiger partial charge in [0, 0.05) is 10.7 Å². The number of carboxylic acids is 1. The SMILES string of the molecule is O=C(O)Cn1nnnc1Sc1ncc(Br)cc1Cl. The van der Waals surface area contributed by atoms with E-state index in [1.807, 2.05) is 0 Å². The van der Waals surface area contributed by atoms with Gasteiger partial charge in [0.25, 0.3) is 0 Å². The van der Waals surface area contributed by atoms with Gasteiger partial charge in [0.15, 0.2) is 0 Å². The number of aromatic nitrogens is 5. The van der Waals surface area contributed by atoms with Gasteiger partial charge in [0.05, 0.1) is 5.02 Å². The van der Waals surface area contributed by atoms with E-state index in [2.05, 4.69) is 36.4 Å². The third kappa shape index (κ3) is 3.18. The van der Waals surface area contributed by atoms with Crippen molar-refractivity contribution in [3.05, 3.63) is 21.8 Å². The number of carbonyl (C=O) groups is 1. The number of halogens is 2. The highest BCUT2D eigenvalue weighted by Crippen LogP contribution is 2.31. The van der Waals surface area contributed by atoms with Crippen LogP contribution in [-0.2, 0) is 11.3 Å². The van der Waals surface area contributed by atoms with Crippen molar-refractivity contribution >= 4 is 45.3 Å².